The minimum absolute atomic E-state index is 0.0337. The Balaban J connectivity index is 2.00. The van der Waals surface area contributed by atoms with Gasteiger partial charge in [-0.3, -0.25) is 9.88 Å². The van der Waals surface area contributed by atoms with Gasteiger partial charge in [-0.1, -0.05) is 6.58 Å². The maximum Gasteiger partial charge on any atom is 0.324 e. The molecule has 3 atom stereocenters. The summed E-state index contributed by atoms with van der Waals surface area (Å²) in [6, 6.07) is -0.428. The van der Waals surface area contributed by atoms with E-state index in [1.807, 2.05) is 0 Å². The number of aromatic nitrogens is 2. The molecule has 3 heterocycles. The zero-order valence-corrected chi connectivity index (χ0v) is 9.33. The Morgan fingerprint density at radius 3 is 2.94 bits per heavy atom. The lowest BCUT2D eigenvalue weighted by molar-refractivity contribution is -0.0172. The van der Waals surface area contributed by atoms with E-state index in [1.54, 1.807) is 0 Å². The lowest BCUT2D eigenvalue weighted by Crippen LogP contribution is -2.35. The normalized spacial score (nSPS) is 30.9. The highest BCUT2D eigenvalue weighted by Gasteiger charge is 2.38. The first-order chi connectivity index (χ1) is 8.58. The van der Waals surface area contributed by atoms with E-state index in [9.17, 15) is 15.0 Å². The fraction of sp³-hybridized carbons (Fsp3) is 0.400. The van der Waals surface area contributed by atoms with Crippen molar-refractivity contribution in [2.24, 2.45) is 0 Å². The van der Waals surface area contributed by atoms with Gasteiger partial charge in [0.25, 0.3) is 0 Å². The summed E-state index contributed by atoms with van der Waals surface area (Å²) in [5.41, 5.74) is 0.854. The monoisotopic (exact) mass is 252 g/mol. The average molecular weight is 252 g/mol. The Morgan fingerprint density at radius 2 is 2.28 bits per heavy atom. The Morgan fingerprint density at radius 1 is 1.50 bits per heavy atom. The number of imidazole rings is 1. The SMILES string of the molecule is C=C1NC(=O)Nc2c1ncn2[C@@H]1OC[C@@H](O)[C@H]1O. The second-order valence-electron chi connectivity index (χ2n) is 4.19. The van der Waals surface area contributed by atoms with E-state index in [-0.39, 0.29) is 6.61 Å². The molecule has 8 heteroatoms. The van der Waals surface area contributed by atoms with E-state index < -0.39 is 24.5 Å². The molecule has 0 spiro atoms. The standard InChI is InChI=1S/C10H12N4O4/c1-4-6-8(13-10(17)12-4)14(3-11-6)9-7(16)5(15)2-18-9/h3,5,7,9,15-16H,1-2H2,(H2,12,13,17)/t5-,7-,9-/m1/s1. The minimum Gasteiger partial charge on any atom is -0.388 e. The van der Waals surface area contributed by atoms with Crippen LogP contribution in [0.25, 0.3) is 5.70 Å². The second kappa shape index (κ2) is 3.80. The van der Waals surface area contributed by atoms with Gasteiger partial charge in [-0.15, -0.1) is 0 Å². The highest BCUT2D eigenvalue weighted by atomic mass is 16.5. The van der Waals surface area contributed by atoms with Gasteiger partial charge < -0.3 is 20.3 Å². The topological polar surface area (TPSA) is 109 Å². The van der Waals surface area contributed by atoms with Crippen LogP contribution in [0.2, 0.25) is 0 Å². The molecule has 0 aromatic carbocycles. The molecule has 4 N–H and O–H groups in total. The van der Waals surface area contributed by atoms with Crippen LogP contribution in [-0.4, -0.2) is 44.6 Å². The van der Waals surface area contributed by atoms with E-state index in [1.165, 1.54) is 10.9 Å². The van der Waals surface area contributed by atoms with E-state index in [2.05, 4.69) is 22.2 Å². The maximum atomic E-state index is 11.4. The Bertz CT molecular complexity index is 526. The van der Waals surface area contributed by atoms with Crippen molar-refractivity contribution in [1.82, 2.24) is 14.9 Å². The van der Waals surface area contributed by atoms with E-state index in [4.69, 9.17) is 4.74 Å². The van der Waals surface area contributed by atoms with Crippen molar-refractivity contribution in [2.45, 2.75) is 18.4 Å². The molecule has 0 saturated carbocycles. The Labute approximate surface area is 102 Å². The van der Waals surface area contributed by atoms with Gasteiger partial charge in [-0.2, -0.15) is 0 Å². The van der Waals surface area contributed by atoms with Crippen LogP contribution in [-0.2, 0) is 4.74 Å². The Kier molecular flexibility index (Phi) is 2.37. The van der Waals surface area contributed by atoms with Crippen molar-refractivity contribution >= 4 is 17.5 Å². The van der Waals surface area contributed by atoms with Crippen molar-refractivity contribution in [1.29, 1.82) is 0 Å². The third-order valence-electron chi connectivity index (χ3n) is 2.97. The highest BCUT2D eigenvalue weighted by Crippen LogP contribution is 2.32. The molecule has 1 fully saturated rings. The first kappa shape index (κ1) is 11.2. The highest BCUT2D eigenvalue weighted by molar-refractivity contribution is 6.00. The zero-order chi connectivity index (χ0) is 12.9. The number of aliphatic hydroxyl groups is 2. The van der Waals surface area contributed by atoms with Crippen LogP contribution in [0.4, 0.5) is 10.6 Å². The summed E-state index contributed by atoms with van der Waals surface area (Å²) >= 11 is 0. The summed E-state index contributed by atoms with van der Waals surface area (Å²) in [5, 5.41) is 24.3. The lowest BCUT2D eigenvalue weighted by Gasteiger charge is -2.22. The number of hydrogen-bond acceptors (Lipinski definition) is 5. The van der Waals surface area contributed by atoms with Crippen LogP contribution in [0.15, 0.2) is 12.9 Å². The third kappa shape index (κ3) is 1.50. The van der Waals surface area contributed by atoms with Crippen molar-refractivity contribution < 1.29 is 19.7 Å². The van der Waals surface area contributed by atoms with Crippen LogP contribution in [0.1, 0.15) is 11.9 Å². The molecule has 0 bridgehead atoms. The molecular formula is C10H12N4O4. The van der Waals surface area contributed by atoms with Gasteiger partial charge >= 0.3 is 6.03 Å². The summed E-state index contributed by atoms with van der Waals surface area (Å²) in [7, 11) is 0. The number of hydrogen-bond donors (Lipinski definition) is 4. The molecule has 0 unspecified atom stereocenters. The van der Waals surface area contributed by atoms with Crippen LogP contribution in [0.5, 0.6) is 0 Å². The van der Waals surface area contributed by atoms with Gasteiger partial charge in [0.2, 0.25) is 0 Å². The quantitative estimate of drug-likeness (QED) is 0.525. The maximum absolute atomic E-state index is 11.4. The largest absolute Gasteiger partial charge is 0.388 e. The lowest BCUT2D eigenvalue weighted by atomic mass is 10.2. The number of fused-ring (bicyclic) bond motifs is 1. The number of ether oxygens (including phenoxy) is 1. The number of nitrogens with zero attached hydrogens (tertiary/aromatic N) is 2. The minimum atomic E-state index is -1.07. The predicted molar refractivity (Wildman–Crippen MR) is 60.4 cm³/mol. The predicted octanol–water partition coefficient (Wildman–Crippen LogP) is -0.761. The summed E-state index contributed by atoms with van der Waals surface area (Å²) in [4.78, 5) is 15.5. The first-order valence-corrected chi connectivity index (χ1v) is 5.40. The smallest absolute Gasteiger partial charge is 0.324 e. The van der Waals surface area contributed by atoms with Crippen LogP contribution >= 0.6 is 0 Å². The molecule has 1 saturated heterocycles. The zero-order valence-electron chi connectivity index (χ0n) is 9.33. The number of rotatable bonds is 1. The van der Waals surface area contributed by atoms with Crippen LogP contribution in [0.3, 0.4) is 0 Å². The number of carbonyl (C=O) groups excluding carboxylic acids is 1. The molecule has 0 radical (unpaired) electrons. The number of carbonyl (C=O) groups is 1. The summed E-state index contributed by atoms with van der Waals surface area (Å²) in [5.74, 6) is 0.391. The van der Waals surface area contributed by atoms with E-state index >= 15 is 0 Å². The third-order valence-corrected chi connectivity index (χ3v) is 2.97. The fourth-order valence-corrected chi connectivity index (χ4v) is 2.06. The number of nitrogens with one attached hydrogen (secondary N) is 2. The molecule has 1 aromatic rings. The molecule has 96 valence electrons. The molecule has 2 aliphatic heterocycles. The molecular weight excluding hydrogens is 240 g/mol. The van der Waals surface area contributed by atoms with Crippen molar-refractivity contribution in [3.8, 4) is 0 Å². The molecule has 18 heavy (non-hydrogen) atoms. The first-order valence-electron chi connectivity index (χ1n) is 5.40. The molecule has 1 aromatic heterocycles. The van der Waals surface area contributed by atoms with Gasteiger partial charge in [0.05, 0.1) is 18.6 Å². The summed E-state index contributed by atoms with van der Waals surface area (Å²) in [6.07, 6.45) is -1.37. The number of urea groups is 1. The fourth-order valence-electron chi connectivity index (χ4n) is 2.06. The van der Waals surface area contributed by atoms with Crippen molar-refractivity contribution in [2.75, 3.05) is 11.9 Å². The number of anilines is 1. The summed E-state index contributed by atoms with van der Waals surface area (Å²) < 4.78 is 6.75. The second-order valence-corrected chi connectivity index (χ2v) is 4.19. The van der Waals surface area contributed by atoms with Gasteiger partial charge in [0, 0.05) is 0 Å². The summed E-state index contributed by atoms with van der Waals surface area (Å²) in [6.45, 7) is 3.71. The molecule has 2 aliphatic rings. The molecule has 2 amide bonds. The number of amides is 2. The number of aliphatic hydroxyl groups excluding tert-OH is 2. The van der Waals surface area contributed by atoms with Gasteiger partial charge in [-0.25, -0.2) is 9.78 Å². The van der Waals surface area contributed by atoms with Crippen LogP contribution in [0, 0.1) is 0 Å². The molecule has 0 aliphatic carbocycles. The van der Waals surface area contributed by atoms with Gasteiger partial charge in [0.1, 0.15) is 23.7 Å². The van der Waals surface area contributed by atoms with E-state index in [0.29, 0.717) is 17.2 Å². The Hall–Kier alpha value is -1.90. The average Bonchev–Trinajstić information content (AvgIpc) is 2.85. The van der Waals surface area contributed by atoms with Crippen LogP contribution < -0.4 is 10.6 Å². The van der Waals surface area contributed by atoms with Gasteiger partial charge in [-0.05, 0) is 0 Å². The molecule has 8 nitrogen and oxygen atoms in total. The molecule has 3 rings (SSSR count). The van der Waals surface area contributed by atoms with E-state index in [0.717, 1.165) is 0 Å². The van der Waals surface area contributed by atoms with Crippen molar-refractivity contribution in [3.05, 3.63) is 18.6 Å². The van der Waals surface area contributed by atoms with Gasteiger partial charge in [0.15, 0.2) is 6.23 Å². The van der Waals surface area contributed by atoms with Crippen molar-refractivity contribution in [3.63, 3.8) is 0 Å².